The van der Waals surface area contributed by atoms with Crippen LogP contribution in [-0.4, -0.2) is 39.0 Å². The van der Waals surface area contributed by atoms with Gasteiger partial charge in [-0.15, -0.1) is 56.7 Å². The third kappa shape index (κ3) is 12.1. The molecule has 2 aliphatic rings. The Balaban J connectivity index is 1.13. The Morgan fingerprint density at radius 1 is 0.368 bits per heavy atom. The number of aldehydes is 2. The number of carbonyl (C=O) groups is 2. The van der Waals surface area contributed by atoms with Gasteiger partial charge in [-0.05, 0) is 138 Å². The molecule has 4 aromatic carbocycles. The molecule has 11 rings (SSSR count). The summed E-state index contributed by atoms with van der Waals surface area (Å²) in [6.45, 7) is 20.9. The van der Waals surface area contributed by atoms with E-state index in [0.717, 1.165) is 134 Å². The fourth-order valence-corrected chi connectivity index (χ4v) is 20.7. The van der Waals surface area contributed by atoms with Crippen molar-refractivity contribution in [3.8, 4) is 42.5 Å². The summed E-state index contributed by atoms with van der Waals surface area (Å²) in [5.74, 6) is 5.49. The Morgan fingerprint density at radius 3 is 1.05 bits per heavy atom. The van der Waals surface area contributed by atoms with Gasteiger partial charge in [0.05, 0.1) is 80.6 Å². The minimum absolute atomic E-state index is 0.500. The first-order valence-electron chi connectivity index (χ1n) is 32.8. The zero-order valence-electron chi connectivity index (χ0n) is 52.5. The Bertz CT molecular complexity index is 3600. The Kier molecular flexibility index (Phi) is 20.7. The van der Waals surface area contributed by atoms with Crippen molar-refractivity contribution >= 4 is 88.1 Å². The number of fused-ring (bicyclic) bond motifs is 11. The number of ether oxygens (including phenoxy) is 4. The van der Waals surface area contributed by atoms with Crippen LogP contribution in [0.1, 0.15) is 222 Å². The van der Waals surface area contributed by atoms with E-state index in [9.17, 15) is 9.59 Å². The van der Waals surface area contributed by atoms with E-state index in [1.54, 1.807) is 22.7 Å². The topological polar surface area (TPSA) is 71.1 Å². The molecule has 87 heavy (non-hydrogen) atoms. The zero-order chi connectivity index (χ0) is 60.7. The fraction of sp³-hybridized carbons (Fsp3) is 0.447. The Hall–Kier alpha value is -5.56. The highest BCUT2D eigenvalue weighted by molar-refractivity contribution is 7.36. The standard InChI is InChI=1S/C76H88O6S5/c1-9-17-21-49(13-5)45-79-57-33-25-53(26-34-57)75(54-27-35-58(36-28-54)80-46-50(14-6)22-18-10-2)63-41-61(43-77)83-68(63)70-66(75)72-74(86-70)67-73(87-72)71-65(69-64(85-71)42-62(44-78)84-69)76(67,55-29-37-59(38-30-55)81-47-51(15-7)23-19-11-3)56-31-39-60(40-32-56)82-48-52(16-8)24-20-12-4/h25-44,49-52H,9-24,45-48H2,1-8H3. The van der Waals surface area contributed by atoms with E-state index < -0.39 is 10.8 Å². The van der Waals surface area contributed by atoms with Gasteiger partial charge in [-0.2, -0.15) is 0 Å². The van der Waals surface area contributed by atoms with Gasteiger partial charge >= 0.3 is 0 Å². The number of benzene rings is 4. The van der Waals surface area contributed by atoms with Gasteiger partial charge in [-0.1, -0.05) is 181 Å². The normalized spacial score (nSPS) is 17.2. The van der Waals surface area contributed by atoms with Crippen LogP contribution < -0.4 is 18.9 Å². The van der Waals surface area contributed by atoms with Crippen LogP contribution in [0.3, 0.4) is 0 Å². The van der Waals surface area contributed by atoms with Crippen molar-refractivity contribution in [2.75, 3.05) is 26.4 Å². The molecular weight excluding hydrogens is 1170 g/mol. The van der Waals surface area contributed by atoms with Gasteiger partial charge in [0.15, 0.2) is 12.6 Å². The molecular formula is C76H88O6S5. The van der Waals surface area contributed by atoms with Crippen molar-refractivity contribution in [2.24, 2.45) is 23.7 Å². The third-order valence-corrected chi connectivity index (χ3v) is 25.4. The van der Waals surface area contributed by atoms with Gasteiger partial charge < -0.3 is 18.9 Å². The molecule has 6 nitrogen and oxygen atoms in total. The van der Waals surface area contributed by atoms with E-state index >= 15 is 0 Å². The van der Waals surface area contributed by atoms with Gasteiger partial charge in [-0.3, -0.25) is 9.59 Å². The number of rotatable bonds is 34. The predicted molar refractivity (Wildman–Crippen MR) is 371 cm³/mol. The van der Waals surface area contributed by atoms with E-state index in [2.05, 4.69) is 165 Å². The van der Waals surface area contributed by atoms with Crippen LogP contribution in [0.4, 0.5) is 0 Å². The summed E-state index contributed by atoms with van der Waals surface area (Å²) >= 11 is 8.86. The number of hydrogen-bond donors (Lipinski definition) is 0. The van der Waals surface area contributed by atoms with Gasteiger partial charge in [0.2, 0.25) is 0 Å². The van der Waals surface area contributed by atoms with Crippen LogP contribution >= 0.6 is 56.7 Å². The summed E-state index contributed by atoms with van der Waals surface area (Å²) in [6.07, 6.45) is 20.6. The van der Waals surface area contributed by atoms with Crippen LogP contribution in [0.2, 0.25) is 0 Å². The number of thiophene rings is 5. The van der Waals surface area contributed by atoms with Crippen molar-refractivity contribution in [1.29, 1.82) is 0 Å². The highest BCUT2D eigenvalue weighted by atomic mass is 32.1. The Labute approximate surface area is 537 Å². The van der Waals surface area contributed by atoms with Crippen molar-refractivity contribution < 1.29 is 28.5 Å². The van der Waals surface area contributed by atoms with Gasteiger partial charge in [-0.25, -0.2) is 0 Å². The Morgan fingerprint density at radius 2 is 0.690 bits per heavy atom. The number of carbonyl (C=O) groups excluding carboxylic acids is 2. The quantitative estimate of drug-likeness (QED) is 0.0374. The smallest absolute Gasteiger partial charge is 0.160 e. The molecule has 0 saturated carbocycles. The monoisotopic (exact) mass is 1260 g/mol. The van der Waals surface area contributed by atoms with Crippen molar-refractivity contribution in [3.63, 3.8) is 0 Å². The summed E-state index contributed by atoms with van der Waals surface area (Å²) in [5.41, 5.74) is 7.91. The summed E-state index contributed by atoms with van der Waals surface area (Å²) in [6, 6.07) is 40.2. The average molecular weight is 1260 g/mol. The second-order valence-electron chi connectivity index (χ2n) is 24.6. The molecule has 0 amide bonds. The first-order valence-corrected chi connectivity index (χ1v) is 36.9. The maximum Gasteiger partial charge on any atom is 0.160 e. The molecule has 0 fully saturated rings. The summed E-state index contributed by atoms with van der Waals surface area (Å²) in [7, 11) is 0. The van der Waals surface area contributed by atoms with Gasteiger partial charge in [0.25, 0.3) is 0 Å². The van der Waals surface area contributed by atoms with Crippen LogP contribution in [0, 0.1) is 23.7 Å². The molecule has 0 radical (unpaired) electrons. The lowest BCUT2D eigenvalue weighted by Gasteiger charge is -2.34. The van der Waals surface area contributed by atoms with Gasteiger partial charge in [0.1, 0.15) is 23.0 Å². The van der Waals surface area contributed by atoms with Crippen LogP contribution in [0.25, 0.3) is 38.3 Å². The first kappa shape index (κ1) is 63.0. The molecule has 0 bridgehead atoms. The molecule has 4 unspecified atom stereocenters. The SMILES string of the molecule is CCCCC(CC)COc1ccc(C2(c3ccc(OCC(CC)CCCC)cc3)c3cc(C=O)sc3-c3sc4c5c(sc4c32)-c2sc3cc(C=O)sc3c2C5(c2ccc(OCC(CC)CCCC)cc2)c2ccc(OCC(CC)CCCC)cc2)cc1. The maximum atomic E-state index is 13.2. The minimum atomic E-state index is -0.796. The molecule has 2 aliphatic carbocycles. The van der Waals surface area contributed by atoms with Crippen molar-refractivity contribution in [2.45, 2.75) is 169 Å². The highest BCUT2D eigenvalue weighted by Gasteiger charge is 2.56. The fourth-order valence-electron chi connectivity index (χ4n) is 13.7. The second kappa shape index (κ2) is 28.5. The van der Waals surface area contributed by atoms with Gasteiger partial charge in [0, 0.05) is 21.4 Å². The summed E-state index contributed by atoms with van der Waals surface area (Å²) in [4.78, 5) is 32.3. The molecule has 5 heterocycles. The lowest BCUT2D eigenvalue weighted by atomic mass is 9.67. The lowest BCUT2D eigenvalue weighted by molar-refractivity contribution is 0.111. The van der Waals surface area contributed by atoms with E-state index in [1.807, 2.05) is 34.0 Å². The average Bonchev–Trinajstić information content (AvgIpc) is 1.49. The third-order valence-electron chi connectivity index (χ3n) is 19.1. The number of unbranched alkanes of at least 4 members (excludes halogenated alkanes) is 4. The molecule has 0 aliphatic heterocycles. The molecule has 11 heteroatoms. The zero-order valence-corrected chi connectivity index (χ0v) is 56.6. The predicted octanol–water partition coefficient (Wildman–Crippen LogP) is 23.0. The first-order chi connectivity index (χ1) is 42.6. The molecule has 458 valence electrons. The number of hydrogen-bond acceptors (Lipinski definition) is 11. The molecule has 9 aromatic rings. The van der Waals surface area contributed by atoms with Crippen molar-refractivity contribution in [3.05, 3.63) is 163 Å². The maximum absolute atomic E-state index is 13.2. The summed E-state index contributed by atoms with van der Waals surface area (Å²) in [5, 5.41) is 0. The van der Waals surface area contributed by atoms with Crippen LogP contribution in [0.5, 0.6) is 23.0 Å². The van der Waals surface area contributed by atoms with E-state index in [1.165, 1.54) is 92.1 Å². The highest BCUT2D eigenvalue weighted by Crippen LogP contribution is 2.71. The molecule has 0 spiro atoms. The van der Waals surface area contributed by atoms with Crippen molar-refractivity contribution in [1.82, 2.24) is 0 Å². The van der Waals surface area contributed by atoms with Crippen LogP contribution in [0.15, 0.2) is 109 Å². The molecule has 5 aromatic heterocycles. The molecule has 4 atom stereocenters. The largest absolute Gasteiger partial charge is 0.493 e. The van der Waals surface area contributed by atoms with E-state index in [0.29, 0.717) is 55.0 Å². The second-order valence-corrected chi connectivity index (χ2v) is 29.8. The molecule has 0 saturated heterocycles. The lowest BCUT2D eigenvalue weighted by Crippen LogP contribution is -2.29. The van der Waals surface area contributed by atoms with E-state index in [-0.39, 0.29) is 0 Å². The molecule has 0 N–H and O–H groups in total. The van der Waals surface area contributed by atoms with E-state index in [4.69, 9.17) is 18.9 Å². The summed E-state index contributed by atoms with van der Waals surface area (Å²) < 4.78 is 31.5. The van der Waals surface area contributed by atoms with Crippen LogP contribution in [-0.2, 0) is 10.8 Å². The minimum Gasteiger partial charge on any atom is -0.493 e.